The van der Waals surface area contributed by atoms with Crippen LogP contribution < -0.4 is 57.8 Å². The Morgan fingerprint density at radius 2 is 0.321 bits per heavy atom. The molecule has 0 N–H and O–H groups in total. The zero-order valence-corrected chi connectivity index (χ0v) is 49.8. The van der Waals surface area contributed by atoms with E-state index in [1.807, 2.05) is 0 Å². The maximum absolute atomic E-state index is 9.99. The molecule has 0 amide bonds. The Labute approximate surface area is 478 Å². The number of rotatable bonds is 6. The largest absolute Gasteiger partial charge is 0.777 e. The highest BCUT2D eigenvalue weighted by Crippen LogP contribution is 2.21. The third-order valence-corrected chi connectivity index (χ3v) is 7.13. The summed E-state index contributed by atoms with van der Waals surface area (Å²) in [5.41, 5.74) is 3.17. The van der Waals surface area contributed by atoms with E-state index in [0.717, 1.165) is 34.5 Å². The molecule has 6 atom stereocenters. The monoisotopic (exact) mass is 1310 g/mol. The van der Waals surface area contributed by atoms with Crippen LogP contribution in [0, 0.1) is 32.4 Å². The quantitative estimate of drug-likeness (QED) is 0.0849. The summed E-state index contributed by atoms with van der Waals surface area (Å²) >= 11 is 0. The van der Waals surface area contributed by atoms with Crippen molar-refractivity contribution < 1.29 is 110 Å². The van der Waals surface area contributed by atoms with Gasteiger partial charge in [0.2, 0.25) is 32.4 Å². The summed E-state index contributed by atoms with van der Waals surface area (Å²) in [5, 5.41) is 49.7. The van der Waals surface area contributed by atoms with Gasteiger partial charge in [-0.15, -0.1) is 0 Å². The second-order valence-electron chi connectivity index (χ2n) is 12.2. The highest BCUT2D eigenvalue weighted by Gasteiger charge is 2.05. The zero-order valence-electron chi connectivity index (χ0n) is 43.8. The number of methoxy groups -OCH3 is 6. The molecule has 456 valence electrons. The maximum Gasteiger partial charge on any atom is 0.385 e. The van der Waals surface area contributed by atoms with Gasteiger partial charge in [0.15, 0.2) is 79.9 Å². The summed E-state index contributed by atoms with van der Waals surface area (Å²) < 4.78 is 140. The van der Waals surface area contributed by atoms with E-state index in [2.05, 4.69) is 29.9 Å². The lowest BCUT2D eigenvalue weighted by Crippen LogP contribution is -1.79. The van der Waals surface area contributed by atoms with Crippen molar-refractivity contribution in [3.63, 3.8) is 0 Å². The molecule has 0 spiro atoms. The van der Waals surface area contributed by atoms with Crippen molar-refractivity contribution in [3.8, 4) is 34.5 Å². The van der Waals surface area contributed by atoms with Gasteiger partial charge in [0.05, 0.1) is 42.7 Å². The third-order valence-electron chi connectivity index (χ3n) is 7.13. The van der Waals surface area contributed by atoms with Gasteiger partial charge in [-0.2, -0.15) is 0 Å². The number of hydrogen-bond acceptors (Lipinski definition) is 24. The summed E-state index contributed by atoms with van der Waals surface area (Å²) in [6, 6.07) is 40.8. The number of diazo groups is 6. The molecule has 0 radical (unpaired) electrons. The molecular weight excluding hydrogens is 1260 g/mol. The van der Waals surface area contributed by atoms with Crippen molar-refractivity contribution >= 4 is 84.2 Å². The van der Waals surface area contributed by atoms with Crippen molar-refractivity contribution in [2.24, 2.45) is 0 Å². The Balaban J connectivity index is -0.000000202. The fraction of sp³-hybridized carbons (Fsp3) is 0.143. The van der Waals surface area contributed by atoms with Crippen LogP contribution in [0.3, 0.4) is 0 Å². The van der Waals surface area contributed by atoms with Gasteiger partial charge in [0.25, 0.3) is 0 Å². The van der Waals surface area contributed by atoms with Crippen molar-refractivity contribution in [1.82, 2.24) is 0 Å². The lowest BCUT2D eigenvalue weighted by atomic mass is 10.3. The zero-order chi connectivity index (χ0) is 65.8. The van der Waals surface area contributed by atoms with Crippen LogP contribution in [0.25, 0.3) is 29.9 Å². The van der Waals surface area contributed by atoms with Gasteiger partial charge >= 0.3 is 34.1 Å². The van der Waals surface area contributed by atoms with Crippen molar-refractivity contribution in [3.05, 3.63) is 175 Å². The maximum atomic E-state index is 9.99. The summed E-state index contributed by atoms with van der Waals surface area (Å²) in [6.45, 7) is 0. The fourth-order valence-electron chi connectivity index (χ4n) is 3.89. The van der Waals surface area contributed by atoms with Gasteiger partial charge in [-0.3, -0.25) is 0 Å². The first-order valence-corrected chi connectivity index (χ1v) is 27.9. The molecule has 6 aromatic rings. The number of ether oxygens (including phenoxy) is 6. The van der Waals surface area contributed by atoms with E-state index in [-0.39, 0.29) is 0 Å². The van der Waals surface area contributed by atoms with Crippen LogP contribution >= 0.6 is 50.0 Å². The first-order chi connectivity index (χ1) is 39.6. The number of benzene rings is 6. The molecule has 0 saturated carbocycles. The van der Waals surface area contributed by atoms with E-state index in [0.29, 0.717) is 34.1 Å². The van der Waals surface area contributed by atoms with Crippen molar-refractivity contribution in [2.45, 2.75) is 0 Å². The molecule has 30 nitrogen and oxygen atoms in total. The van der Waals surface area contributed by atoms with Crippen LogP contribution in [0.4, 0.5) is 59.3 Å². The summed E-state index contributed by atoms with van der Waals surface area (Å²) in [6.07, 6.45) is 0. The van der Waals surface area contributed by atoms with Crippen LogP contribution in [0.2, 0.25) is 0 Å². The van der Waals surface area contributed by atoms with E-state index >= 15 is 0 Å². The topological polar surface area (TPSA) is 465 Å². The lowest BCUT2D eigenvalue weighted by molar-refractivity contribution is -0.175. The molecule has 0 aromatic heterocycles. The Kier molecular flexibility index (Phi) is 62.3. The predicted octanol–water partition coefficient (Wildman–Crippen LogP) is 11.3. The summed E-state index contributed by atoms with van der Waals surface area (Å²) in [7, 11) is -13.7. The van der Waals surface area contributed by atoms with E-state index in [9.17, 15) is 25.2 Å². The first-order valence-electron chi connectivity index (χ1n) is 20.7. The third kappa shape index (κ3) is 67.6. The molecule has 0 aliphatic heterocycles. The standard InChI is InChI=1S/6C7H7N2O.6FH2O2P/c6*1-10-7-4-2-6(9-8)3-5-7;6*1-4(2)3/h6*2-5H,1H3;6*4H,(H,2,3)/q6*+1;;;;;;/p-6. The minimum atomic E-state index is -3.88. The smallest absolute Gasteiger partial charge is 0.385 e. The van der Waals surface area contributed by atoms with Crippen LogP contribution in [0.15, 0.2) is 146 Å². The van der Waals surface area contributed by atoms with Gasteiger partial charge in [0.1, 0.15) is 34.5 Å². The van der Waals surface area contributed by atoms with Gasteiger partial charge in [0, 0.05) is 72.8 Å². The molecule has 0 fully saturated rings. The fourth-order valence-corrected chi connectivity index (χ4v) is 3.89. The first kappa shape index (κ1) is 86.6. The van der Waals surface area contributed by atoms with E-state index in [1.165, 1.54) is 0 Å². The van der Waals surface area contributed by atoms with Gasteiger partial charge in [-0.25, -0.2) is 25.2 Å². The minimum absolute atomic E-state index is 0.529. The molecule has 0 bridgehead atoms. The average Bonchev–Trinajstić information content (AvgIpc) is 3.47. The molecule has 0 heterocycles. The summed E-state index contributed by atoms with van der Waals surface area (Å²) in [5.74, 6) is 4.54. The SMILES string of the molecule is COc1ccc([N+]#N)cc1.COc1ccc([N+]#N)cc1.COc1ccc([N+]#N)cc1.COc1ccc([N+]#N)cc1.COc1ccc([N+]#N)cc1.COc1ccc([N+]#N)cc1.O=[PH]([O-])F.O=[PH]([O-])F.O=[PH]([O-])F.O=[PH]([O-])F.O=[PH]([O-])F.O=[PH]([O-])F. The predicted molar refractivity (Wildman–Crippen MR) is 287 cm³/mol. The van der Waals surface area contributed by atoms with Crippen molar-refractivity contribution in [2.75, 3.05) is 42.7 Å². The molecule has 42 heteroatoms. The highest BCUT2D eigenvalue weighted by molar-refractivity contribution is 7.30. The Morgan fingerprint density at radius 3 is 0.369 bits per heavy atom. The lowest BCUT2D eigenvalue weighted by Gasteiger charge is -1.93. The molecule has 84 heavy (non-hydrogen) atoms. The van der Waals surface area contributed by atoms with Crippen LogP contribution in [0.5, 0.6) is 34.5 Å². The van der Waals surface area contributed by atoms with E-state index in [4.69, 9.17) is 118 Å². The average molecular weight is 1310 g/mol. The van der Waals surface area contributed by atoms with Crippen LogP contribution in [-0.4, -0.2) is 42.7 Å². The second kappa shape index (κ2) is 60.5. The van der Waals surface area contributed by atoms with Gasteiger partial charge in [-0.05, 0) is 72.8 Å². The minimum Gasteiger partial charge on any atom is -0.777 e. The molecule has 6 aromatic carbocycles. The number of nitrogens with zero attached hydrogens (tertiary/aromatic N) is 12. The molecule has 6 rings (SSSR count). The van der Waals surface area contributed by atoms with Crippen LogP contribution in [-0.2, 0) is 27.4 Å². The molecule has 0 aliphatic rings. The Morgan fingerprint density at radius 1 is 0.250 bits per heavy atom. The van der Waals surface area contributed by atoms with Crippen LogP contribution in [0.1, 0.15) is 0 Å². The second-order valence-corrected chi connectivity index (χ2v) is 15.1. The normalized spacial score (nSPS) is 10.4. The Bertz CT molecular complexity index is 2530. The highest BCUT2D eigenvalue weighted by atomic mass is 31.2. The number of halogens is 6. The molecule has 6 unspecified atom stereocenters. The van der Waals surface area contributed by atoms with Gasteiger partial charge < -0.3 is 85.2 Å². The van der Waals surface area contributed by atoms with E-state index < -0.39 is 50.0 Å². The van der Waals surface area contributed by atoms with Crippen molar-refractivity contribution in [1.29, 1.82) is 32.4 Å². The Hall–Kier alpha value is -8.64. The van der Waals surface area contributed by atoms with Gasteiger partial charge in [-0.1, -0.05) is 0 Å². The number of hydrogen-bond donors (Lipinski definition) is 0. The molecule has 0 aliphatic carbocycles. The van der Waals surface area contributed by atoms with E-state index in [1.54, 1.807) is 188 Å². The molecule has 0 saturated heterocycles. The summed E-state index contributed by atoms with van der Waals surface area (Å²) in [4.78, 5) is 68.4. The molecular formula is C42H48F6N12O18P6.